The van der Waals surface area contributed by atoms with E-state index < -0.39 is 0 Å². The van der Waals surface area contributed by atoms with Crippen LogP contribution in [0.1, 0.15) is 37.2 Å². The normalized spacial score (nSPS) is 14.5. The van der Waals surface area contributed by atoms with E-state index in [9.17, 15) is 4.79 Å². The summed E-state index contributed by atoms with van der Waals surface area (Å²) >= 11 is 6.57. The third-order valence-electron chi connectivity index (χ3n) is 2.64. The van der Waals surface area contributed by atoms with Crippen LogP contribution in [0.2, 0.25) is 0 Å². The average Bonchev–Trinajstić information content (AvgIpc) is 2.65. The molecule has 3 nitrogen and oxygen atoms in total. The van der Waals surface area contributed by atoms with E-state index in [1.165, 1.54) is 0 Å². The van der Waals surface area contributed by atoms with Gasteiger partial charge in [0, 0.05) is 10.9 Å². The van der Waals surface area contributed by atoms with Crippen LogP contribution in [0.3, 0.4) is 0 Å². The first kappa shape index (κ1) is 13.8. The van der Waals surface area contributed by atoms with Gasteiger partial charge < -0.3 is 9.73 Å². The van der Waals surface area contributed by atoms with Crippen LogP contribution >= 0.6 is 31.9 Å². The highest BCUT2D eigenvalue weighted by Crippen LogP contribution is 2.19. The third-order valence-corrected chi connectivity index (χ3v) is 3.46. The van der Waals surface area contributed by atoms with Crippen LogP contribution in [-0.2, 0) is 0 Å². The molecule has 0 spiro atoms. The van der Waals surface area contributed by atoms with Crippen LogP contribution < -0.4 is 5.32 Å². The molecule has 0 aliphatic heterocycles. The molecule has 1 aromatic heterocycles. The lowest BCUT2D eigenvalue weighted by Gasteiger charge is -2.28. The van der Waals surface area contributed by atoms with Crippen LogP contribution in [0.25, 0.3) is 0 Å². The SMILES string of the molecule is CCC(C)(CCBr)NC(=O)c1ccc(Br)o1. The molecule has 1 unspecified atom stereocenters. The Morgan fingerprint density at radius 3 is 2.69 bits per heavy atom. The monoisotopic (exact) mass is 351 g/mol. The fraction of sp³-hybridized carbons (Fsp3) is 0.545. The molecule has 1 atom stereocenters. The molecule has 1 rings (SSSR count). The highest BCUT2D eigenvalue weighted by Gasteiger charge is 2.25. The fourth-order valence-electron chi connectivity index (χ4n) is 1.31. The number of halogens is 2. The second kappa shape index (κ2) is 5.87. The van der Waals surface area contributed by atoms with Crippen molar-refractivity contribution in [3.63, 3.8) is 0 Å². The van der Waals surface area contributed by atoms with Gasteiger partial charge in [-0.2, -0.15) is 0 Å². The predicted octanol–water partition coefficient (Wildman–Crippen LogP) is 3.73. The maximum atomic E-state index is 11.9. The Morgan fingerprint density at radius 1 is 1.56 bits per heavy atom. The van der Waals surface area contributed by atoms with E-state index in [0.717, 1.165) is 18.2 Å². The summed E-state index contributed by atoms with van der Waals surface area (Å²) in [6.45, 7) is 4.09. The molecule has 90 valence electrons. The summed E-state index contributed by atoms with van der Waals surface area (Å²) in [5.41, 5.74) is -0.195. The van der Waals surface area contributed by atoms with Gasteiger partial charge in [0.2, 0.25) is 0 Å². The van der Waals surface area contributed by atoms with Gasteiger partial charge in [-0.1, -0.05) is 22.9 Å². The largest absolute Gasteiger partial charge is 0.444 e. The fourth-order valence-corrected chi connectivity index (χ4v) is 2.49. The maximum absolute atomic E-state index is 11.9. The smallest absolute Gasteiger partial charge is 0.287 e. The predicted molar refractivity (Wildman–Crippen MR) is 71.0 cm³/mol. The number of hydrogen-bond acceptors (Lipinski definition) is 2. The number of amides is 1. The van der Waals surface area contributed by atoms with Crippen LogP contribution in [0, 0.1) is 0 Å². The Balaban J connectivity index is 2.69. The van der Waals surface area contributed by atoms with E-state index in [2.05, 4.69) is 44.1 Å². The van der Waals surface area contributed by atoms with Gasteiger partial charge in [0.15, 0.2) is 10.4 Å². The van der Waals surface area contributed by atoms with Gasteiger partial charge in [0.1, 0.15) is 0 Å². The van der Waals surface area contributed by atoms with Crippen molar-refractivity contribution in [3.8, 4) is 0 Å². The van der Waals surface area contributed by atoms with Crippen LogP contribution in [0.15, 0.2) is 21.2 Å². The zero-order valence-corrected chi connectivity index (χ0v) is 12.5. The Morgan fingerprint density at radius 2 is 2.25 bits per heavy atom. The average molecular weight is 353 g/mol. The summed E-state index contributed by atoms with van der Waals surface area (Å²) in [5.74, 6) is 0.164. The Labute approximate surface area is 112 Å². The second-order valence-electron chi connectivity index (χ2n) is 3.91. The quantitative estimate of drug-likeness (QED) is 0.820. The molecular formula is C11H15Br2NO2. The van der Waals surface area contributed by atoms with Crippen molar-refractivity contribution in [2.45, 2.75) is 32.2 Å². The number of carbonyl (C=O) groups excluding carboxylic acids is 1. The summed E-state index contributed by atoms with van der Waals surface area (Å²) < 4.78 is 5.77. The van der Waals surface area contributed by atoms with Gasteiger partial charge in [-0.3, -0.25) is 4.79 Å². The zero-order chi connectivity index (χ0) is 12.2. The molecule has 0 saturated carbocycles. The van der Waals surface area contributed by atoms with Crippen molar-refractivity contribution in [1.82, 2.24) is 5.32 Å². The van der Waals surface area contributed by atoms with Crippen LogP contribution in [0.5, 0.6) is 0 Å². The van der Waals surface area contributed by atoms with Crippen molar-refractivity contribution >= 4 is 37.8 Å². The van der Waals surface area contributed by atoms with E-state index in [4.69, 9.17) is 4.42 Å². The molecule has 1 aromatic rings. The number of carbonyl (C=O) groups is 1. The van der Waals surface area contributed by atoms with Crippen molar-refractivity contribution in [2.75, 3.05) is 5.33 Å². The van der Waals surface area contributed by atoms with Gasteiger partial charge >= 0.3 is 0 Å². The lowest BCUT2D eigenvalue weighted by Crippen LogP contribution is -2.45. The zero-order valence-electron chi connectivity index (χ0n) is 9.35. The topological polar surface area (TPSA) is 42.2 Å². The van der Waals surface area contributed by atoms with Gasteiger partial charge in [-0.25, -0.2) is 0 Å². The molecule has 0 radical (unpaired) electrons. The minimum Gasteiger partial charge on any atom is -0.444 e. The third kappa shape index (κ3) is 3.63. The molecule has 0 bridgehead atoms. The number of alkyl halides is 1. The van der Waals surface area contributed by atoms with E-state index in [0.29, 0.717) is 10.4 Å². The second-order valence-corrected chi connectivity index (χ2v) is 5.49. The summed E-state index contributed by atoms with van der Waals surface area (Å²) in [5, 5.41) is 3.85. The minimum absolute atomic E-state index is 0.170. The van der Waals surface area contributed by atoms with E-state index in [1.54, 1.807) is 12.1 Å². The summed E-state index contributed by atoms with van der Waals surface area (Å²) in [6.07, 6.45) is 1.77. The summed E-state index contributed by atoms with van der Waals surface area (Å²) in [4.78, 5) is 11.9. The van der Waals surface area contributed by atoms with Crippen molar-refractivity contribution < 1.29 is 9.21 Å². The molecule has 16 heavy (non-hydrogen) atoms. The van der Waals surface area contributed by atoms with Crippen molar-refractivity contribution in [2.24, 2.45) is 0 Å². The molecule has 1 N–H and O–H groups in total. The molecule has 0 aliphatic rings. The first-order valence-electron chi connectivity index (χ1n) is 5.14. The molecular weight excluding hydrogens is 338 g/mol. The highest BCUT2D eigenvalue weighted by atomic mass is 79.9. The molecule has 0 aliphatic carbocycles. The van der Waals surface area contributed by atoms with Gasteiger partial charge in [-0.05, 0) is 47.8 Å². The van der Waals surface area contributed by atoms with Gasteiger partial charge in [0.05, 0.1) is 0 Å². The maximum Gasteiger partial charge on any atom is 0.287 e. The molecule has 1 heterocycles. The van der Waals surface area contributed by atoms with E-state index in [-0.39, 0.29) is 11.4 Å². The number of hydrogen-bond donors (Lipinski definition) is 1. The first-order chi connectivity index (χ1) is 7.50. The van der Waals surface area contributed by atoms with Gasteiger partial charge in [0.25, 0.3) is 5.91 Å². The van der Waals surface area contributed by atoms with Crippen molar-refractivity contribution in [1.29, 1.82) is 0 Å². The molecule has 0 aromatic carbocycles. The first-order valence-corrected chi connectivity index (χ1v) is 7.06. The lowest BCUT2D eigenvalue weighted by molar-refractivity contribution is 0.0872. The standard InChI is InChI=1S/C11H15Br2NO2/c1-3-11(2,6-7-12)14-10(15)8-4-5-9(13)16-8/h4-5H,3,6-7H2,1-2H3,(H,14,15). The Kier molecular flexibility index (Phi) is 5.05. The molecule has 0 fully saturated rings. The Bertz CT molecular complexity index is 365. The number of nitrogens with one attached hydrogen (secondary N) is 1. The van der Waals surface area contributed by atoms with Crippen molar-refractivity contribution in [3.05, 3.63) is 22.6 Å². The lowest BCUT2D eigenvalue weighted by atomic mass is 9.95. The van der Waals surface area contributed by atoms with Crippen LogP contribution in [-0.4, -0.2) is 16.8 Å². The highest BCUT2D eigenvalue weighted by molar-refractivity contribution is 9.10. The molecule has 1 amide bonds. The number of rotatable bonds is 5. The summed E-state index contributed by atoms with van der Waals surface area (Å²) in [7, 11) is 0. The molecule has 0 saturated heterocycles. The van der Waals surface area contributed by atoms with E-state index >= 15 is 0 Å². The van der Waals surface area contributed by atoms with E-state index in [1.807, 2.05) is 6.92 Å². The molecule has 5 heteroatoms. The summed E-state index contributed by atoms with van der Waals surface area (Å²) in [6, 6.07) is 3.37. The number of furan rings is 1. The Hall–Kier alpha value is -0.290. The van der Waals surface area contributed by atoms with Gasteiger partial charge in [-0.15, -0.1) is 0 Å². The minimum atomic E-state index is -0.195. The van der Waals surface area contributed by atoms with Crippen LogP contribution in [0.4, 0.5) is 0 Å².